The van der Waals surface area contributed by atoms with Crippen LogP contribution in [0, 0.1) is 47.3 Å². The highest BCUT2D eigenvalue weighted by atomic mass is 15.0. The van der Waals surface area contributed by atoms with E-state index in [4.69, 9.17) is 0 Å². The van der Waals surface area contributed by atoms with E-state index in [1.165, 1.54) is 48.5 Å². The second kappa shape index (κ2) is 2.30. The molecule has 6 saturated carbocycles. The molecule has 0 aromatic heterocycles. The number of hydrogen-bond donors (Lipinski definition) is 1. The van der Waals surface area contributed by atoms with Gasteiger partial charge in [-0.25, -0.2) is 0 Å². The molecule has 1 unspecified atom stereocenters. The minimum atomic E-state index is 0.965. The van der Waals surface area contributed by atoms with Crippen molar-refractivity contribution in [2.45, 2.75) is 32.2 Å². The molecule has 6 aliphatic rings. The summed E-state index contributed by atoms with van der Waals surface area (Å²) in [6, 6.07) is 0.965. The molecule has 0 heterocycles. The van der Waals surface area contributed by atoms with Gasteiger partial charge < -0.3 is 5.32 Å². The third kappa shape index (κ3) is 0.638. The van der Waals surface area contributed by atoms with Crippen molar-refractivity contribution in [1.82, 2.24) is 5.32 Å². The molecule has 0 radical (unpaired) electrons. The van der Waals surface area contributed by atoms with E-state index in [1.54, 1.807) is 12.8 Å². The Bertz CT molecular complexity index is 297. The average molecular weight is 203 g/mol. The molecule has 1 nitrogen and oxygen atoms in total. The monoisotopic (exact) mass is 203 g/mol. The Morgan fingerprint density at radius 1 is 0.867 bits per heavy atom. The van der Waals surface area contributed by atoms with Gasteiger partial charge in [-0.2, -0.15) is 0 Å². The zero-order valence-electron chi connectivity index (χ0n) is 9.52. The number of rotatable bonds is 3. The molecular formula is C14H21N. The fourth-order valence-corrected chi connectivity index (χ4v) is 7.20. The summed E-state index contributed by atoms with van der Waals surface area (Å²) in [7, 11) is 0. The van der Waals surface area contributed by atoms with Crippen molar-refractivity contribution in [3.05, 3.63) is 0 Å². The van der Waals surface area contributed by atoms with Gasteiger partial charge in [0, 0.05) is 6.04 Å². The molecule has 15 heavy (non-hydrogen) atoms. The van der Waals surface area contributed by atoms with Crippen LogP contribution in [-0.2, 0) is 0 Å². The van der Waals surface area contributed by atoms with Crippen LogP contribution in [-0.4, -0.2) is 12.6 Å². The molecule has 1 heteroatoms. The van der Waals surface area contributed by atoms with Gasteiger partial charge in [0.2, 0.25) is 0 Å². The van der Waals surface area contributed by atoms with Gasteiger partial charge in [0.15, 0.2) is 0 Å². The Morgan fingerprint density at radius 2 is 1.47 bits per heavy atom. The molecule has 0 aromatic carbocycles. The SMILES string of the molecule is CCCNC1[C@@H]2[C@@H]3C[C@@H]4[C@@H]5C[C@@H]([C@@H]1[C@H]53)[C@@H]42. The van der Waals surface area contributed by atoms with Crippen LogP contribution in [0.4, 0.5) is 0 Å². The highest BCUT2D eigenvalue weighted by molar-refractivity contribution is 5.29. The largest absolute Gasteiger partial charge is 0.313 e. The third-order valence-corrected chi connectivity index (χ3v) is 6.95. The van der Waals surface area contributed by atoms with Crippen LogP contribution in [0.3, 0.4) is 0 Å². The first-order chi connectivity index (χ1) is 7.42. The van der Waals surface area contributed by atoms with Gasteiger partial charge in [-0.1, -0.05) is 6.92 Å². The Hall–Kier alpha value is -0.0400. The quantitative estimate of drug-likeness (QED) is 0.741. The topological polar surface area (TPSA) is 12.0 Å². The molecule has 82 valence electrons. The summed E-state index contributed by atoms with van der Waals surface area (Å²) in [6.45, 7) is 3.57. The van der Waals surface area contributed by atoms with Crippen molar-refractivity contribution < 1.29 is 0 Å². The Balaban J connectivity index is 1.55. The summed E-state index contributed by atoms with van der Waals surface area (Å²) in [4.78, 5) is 0. The molecule has 6 rings (SSSR count). The van der Waals surface area contributed by atoms with E-state index in [9.17, 15) is 0 Å². The van der Waals surface area contributed by atoms with E-state index in [-0.39, 0.29) is 0 Å². The lowest BCUT2D eigenvalue weighted by Gasteiger charge is -2.33. The van der Waals surface area contributed by atoms with Crippen molar-refractivity contribution in [2.24, 2.45) is 47.3 Å². The highest BCUT2D eigenvalue weighted by Gasteiger charge is 2.79. The minimum Gasteiger partial charge on any atom is -0.313 e. The normalized spacial score (nSPS) is 70.6. The molecule has 1 N–H and O–H groups in total. The van der Waals surface area contributed by atoms with E-state index in [1.807, 2.05) is 0 Å². The molecular weight excluding hydrogens is 182 g/mol. The fourth-order valence-electron chi connectivity index (χ4n) is 7.20. The average Bonchev–Trinajstić information content (AvgIpc) is 2.91. The summed E-state index contributed by atoms with van der Waals surface area (Å²) in [6.07, 6.45) is 4.59. The summed E-state index contributed by atoms with van der Waals surface area (Å²) in [5.41, 5.74) is 0. The molecule has 0 saturated heterocycles. The van der Waals surface area contributed by atoms with E-state index in [2.05, 4.69) is 12.2 Å². The van der Waals surface area contributed by atoms with Crippen LogP contribution in [0.25, 0.3) is 0 Å². The van der Waals surface area contributed by atoms with Gasteiger partial charge in [-0.15, -0.1) is 0 Å². The van der Waals surface area contributed by atoms with Crippen molar-refractivity contribution in [1.29, 1.82) is 0 Å². The molecule has 6 bridgehead atoms. The van der Waals surface area contributed by atoms with E-state index >= 15 is 0 Å². The van der Waals surface area contributed by atoms with E-state index in [0.717, 1.165) is 17.9 Å². The minimum absolute atomic E-state index is 0.965. The third-order valence-electron chi connectivity index (χ3n) is 6.95. The smallest absolute Gasteiger partial charge is 0.0135 e. The summed E-state index contributed by atoms with van der Waals surface area (Å²) >= 11 is 0. The van der Waals surface area contributed by atoms with Gasteiger partial charge in [-0.3, -0.25) is 0 Å². The van der Waals surface area contributed by atoms with Crippen LogP contribution in [0.5, 0.6) is 0 Å². The van der Waals surface area contributed by atoms with Gasteiger partial charge >= 0.3 is 0 Å². The fraction of sp³-hybridized carbons (Fsp3) is 1.00. The first-order valence-corrected chi connectivity index (χ1v) is 7.15. The standard InChI is InChI=1S/C14H21N/c1-2-3-15-14-12-8-4-6-7-5-9(10(6)12)13(14)11(7)8/h6-15H,2-5H2,1H3/t6-,7+,8-,9-,10-,11-,12-,13-,14?/m1/s1. The summed E-state index contributed by atoms with van der Waals surface area (Å²) in [5.74, 6) is 9.46. The van der Waals surface area contributed by atoms with Gasteiger partial charge in [0.1, 0.15) is 0 Å². The Kier molecular flexibility index (Phi) is 1.24. The predicted octanol–water partition coefficient (Wildman–Crippen LogP) is 2.13. The summed E-state index contributed by atoms with van der Waals surface area (Å²) in [5, 5.41) is 3.91. The van der Waals surface area contributed by atoms with Crippen LogP contribution >= 0.6 is 0 Å². The highest BCUT2D eigenvalue weighted by Crippen LogP contribution is 2.82. The molecule has 0 aliphatic heterocycles. The summed E-state index contributed by atoms with van der Waals surface area (Å²) < 4.78 is 0. The lowest BCUT2D eigenvalue weighted by molar-refractivity contribution is 0.132. The maximum Gasteiger partial charge on any atom is 0.0135 e. The second-order valence-corrected chi connectivity index (χ2v) is 6.92. The number of nitrogens with one attached hydrogen (secondary N) is 1. The molecule has 0 spiro atoms. The van der Waals surface area contributed by atoms with Crippen LogP contribution < -0.4 is 5.32 Å². The molecule has 6 aliphatic carbocycles. The number of hydrogen-bond acceptors (Lipinski definition) is 1. The van der Waals surface area contributed by atoms with Crippen molar-refractivity contribution in [3.63, 3.8) is 0 Å². The molecule has 6 fully saturated rings. The molecule has 9 atom stereocenters. The maximum atomic E-state index is 3.91. The van der Waals surface area contributed by atoms with E-state index < -0.39 is 0 Å². The van der Waals surface area contributed by atoms with E-state index in [0.29, 0.717) is 0 Å². The molecule has 0 amide bonds. The lowest BCUT2D eigenvalue weighted by atomic mass is 9.71. The van der Waals surface area contributed by atoms with Gasteiger partial charge in [0.05, 0.1) is 0 Å². The maximum absolute atomic E-state index is 3.91. The Morgan fingerprint density at radius 3 is 2.00 bits per heavy atom. The zero-order chi connectivity index (χ0) is 9.73. The predicted molar refractivity (Wildman–Crippen MR) is 59.2 cm³/mol. The van der Waals surface area contributed by atoms with Crippen LogP contribution in [0.15, 0.2) is 0 Å². The van der Waals surface area contributed by atoms with Crippen LogP contribution in [0.2, 0.25) is 0 Å². The second-order valence-electron chi connectivity index (χ2n) is 6.92. The van der Waals surface area contributed by atoms with Crippen molar-refractivity contribution >= 4 is 0 Å². The van der Waals surface area contributed by atoms with Crippen molar-refractivity contribution in [3.8, 4) is 0 Å². The van der Waals surface area contributed by atoms with Gasteiger partial charge in [0.25, 0.3) is 0 Å². The lowest BCUT2D eigenvalue weighted by Crippen LogP contribution is -2.35. The Labute approximate surface area is 92.0 Å². The zero-order valence-corrected chi connectivity index (χ0v) is 9.52. The van der Waals surface area contributed by atoms with Crippen molar-refractivity contribution in [2.75, 3.05) is 6.54 Å². The van der Waals surface area contributed by atoms with Crippen LogP contribution in [0.1, 0.15) is 26.2 Å². The molecule has 0 aromatic rings. The van der Waals surface area contributed by atoms with Gasteiger partial charge in [-0.05, 0) is 73.2 Å². The first-order valence-electron chi connectivity index (χ1n) is 7.15. The first kappa shape index (κ1) is 8.11.